The number of hydrogen-bond acceptors (Lipinski definition) is 6. The fourth-order valence-electron chi connectivity index (χ4n) is 4.26. The van der Waals surface area contributed by atoms with Crippen molar-refractivity contribution in [1.82, 2.24) is 9.97 Å². The summed E-state index contributed by atoms with van der Waals surface area (Å²) >= 11 is 0. The Morgan fingerprint density at radius 3 is 2.26 bits per heavy atom. The molecule has 1 fully saturated rings. The van der Waals surface area contributed by atoms with Crippen LogP contribution >= 0.6 is 7.82 Å². The fourth-order valence-corrected chi connectivity index (χ4v) is 4.70. The second-order valence-electron chi connectivity index (χ2n) is 10.2. The topological polar surface area (TPSA) is 128 Å². The van der Waals surface area contributed by atoms with E-state index in [2.05, 4.69) is 35.3 Å². The van der Waals surface area contributed by atoms with Crippen LogP contribution in [0.1, 0.15) is 64.8 Å². The minimum atomic E-state index is -4.80. The number of phosphoric acid groups is 1. The van der Waals surface area contributed by atoms with Crippen LogP contribution in [0.25, 0.3) is 10.9 Å². The van der Waals surface area contributed by atoms with E-state index < -0.39 is 31.7 Å². The van der Waals surface area contributed by atoms with Gasteiger partial charge in [0.1, 0.15) is 11.3 Å². The SMILES string of the molecule is CC(N)(COP(=O)(O)O)c1ncc2c(C(F)(F)F)c(OC3CCC(C(C)(C)C)CC3)ccc2n1. The molecule has 34 heavy (non-hydrogen) atoms. The monoisotopic (exact) mass is 505 g/mol. The number of phosphoric ester groups is 1. The van der Waals surface area contributed by atoms with Crippen LogP contribution < -0.4 is 10.5 Å². The fraction of sp³-hybridized carbons (Fsp3) is 0.636. The van der Waals surface area contributed by atoms with Crippen LogP contribution in [0.4, 0.5) is 13.2 Å². The highest BCUT2D eigenvalue weighted by atomic mass is 31.2. The zero-order valence-electron chi connectivity index (χ0n) is 19.6. The van der Waals surface area contributed by atoms with Crippen LogP contribution in [-0.2, 0) is 20.8 Å². The first-order valence-corrected chi connectivity index (χ1v) is 12.5. The zero-order chi connectivity index (χ0) is 25.5. The van der Waals surface area contributed by atoms with Crippen LogP contribution in [0.2, 0.25) is 0 Å². The van der Waals surface area contributed by atoms with E-state index in [9.17, 15) is 17.7 Å². The maximum absolute atomic E-state index is 14.1. The van der Waals surface area contributed by atoms with Crippen LogP contribution in [0.5, 0.6) is 5.75 Å². The summed E-state index contributed by atoms with van der Waals surface area (Å²) in [5, 5.41) is -0.246. The number of halogens is 3. The minimum Gasteiger partial charge on any atom is -0.490 e. The van der Waals surface area contributed by atoms with Gasteiger partial charge in [-0.15, -0.1) is 0 Å². The van der Waals surface area contributed by atoms with E-state index in [1.807, 2.05) is 0 Å². The Bertz CT molecular complexity index is 1070. The molecular weight excluding hydrogens is 474 g/mol. The van der Waals surface area contributed by atoms with Gasteiger partial charge in [-0.1, -0.05) is 20.8 Å². The smallest absolute Gasteiger partial charge is 0.469 e. The first-order chi connectivity index (χ1) is 15.5. The van der Waals surface area contributed by atoms with Gasteiger partial charge in [0.25, 0.3) is 0 Å². The molecule has 1 atom stereocenters. The molecule has 1 aliphatic rings. The lowest BCUT2D eigenvalue weighted by atomic mass is 9.72. The number of nitrogens with two attached hydrogens (primary N) is 1. The lowest BCUT2D eigenvalue weighted by Crippen LogP contribution is -2.39. The molecule has 12 heteroatoms. The third kappa shape index (κ3) is 6.46. The van der Waals surface area contributed by atoms with Crippen LogP contribution in [0, 0.1) is 11.3 Å². The van der Waals surface area contributed by atoms with Crippen LogP contribution in [-0.4, -0.2) is 32.5 Å². The number of hydrogen-bond donors (Lipinski definition) is 3. The summed E-state index contributed by atoms with van der Waals surface area (Å²) in [6, 6.07) is 2.64. The minimum absolute atomic E-state index is 0.0195. The number of benzene rings is 1. The number of alkyl halides is 3. The van der Waals surface area contributed by atoms with E-state index in [0.29, 0.717) is 18.8 Å². The van der Waals surface area contributed by atoms with Crippen molar-refractivity contribution >= 4 is 18.7 Å². The second-order valence-corrected chi connectivity index (χ2v) is 11.4. The average molecular weight is 505 g/mol. The van der Waals surface area contributed by atoms with Gasteiger partial charge < -0.3 is 20.3 Å². The Balaban J connectivity index is 1.90. The van der Waals surface area contributed by atoms with Crippen molar-refractivity contribution in [3.63, 3.8) is 0 Å². The molecule has 0 spiro atoms. The molecule has 2 aromatic rings. The molecule has 0 bridgehead atoms. The molecule has 1 saturated carbocycles. The summed E-state index contributed by atoms with van der Waals surface area (Å²) in [5.41, 5.74) is 3.64. The van der Waals surface area contributed by atoms with E-state index in [4.69, 9.17) is 20.3 Å². The third-order valence-electron chi connectivity index (χ3n) is 6.25. The molecule has 0 amide bonds. The predicted octanol–water partition coefficient (Wildman–Crippen LogP) is 4.92. The van der Waals surface area contributed by atoms with Crippen molar-refractivity contribution in [2.45, 2.75) is 71.2 Å². The first-order valence-electron chi connectivity index (χ1n) is 11.0. The van der Waals surface area contributed by atoms with E-state index in [0.717, 1.165) is 19.0 Å². The van der Waals surface area contributed by atoms with Gasteiger partial charge in [0.15, 0.2) is 5.82 Å². The Morgan fingerprint density at radius 2 is 1.74 bits per heavy atom. The molecule has 3 rings (SSSR count). The van der Waals surface area contributed by atoms with E-state index in [1.165, 1.54) is 19.1 Å². The summed E-state index contributed by atoms with van der Waals surface area (Å²) in [6.07, 6.45) is -0.878. The van der Waals surface area contributed by atoms with Gasteiger partial charge in [0.05, 0.1) is 23.8 Å². The quantitative estimate of drug-likeness (QED) is 0.473. The second kappa shape index (κ2) is 9.35. The molecule has 4 N–H and O–H groups in total. The highest BCUT2D eigenvalue weighted by Crippen LogP contribution is 2.44. The molecule has 1 heterocycles. The number of rotatable bonds is 6. The molecule has 1 unspecified atom stereocenters. The van der Waals surface area contributed by atoms with Gasteiger partial charge in [-0.3, -0.25) is 4.52 Å². The highest BCUT2D eigenvalue weighted by molar-refractivity contribution is 7.46. The molecule has 190 valence electrons. The Hall–Kier alpha value is -1.78. The van der Waals surface area contributed by atoms with Crippen molar-refractivity contribution in [3.8, 4) is 5.75 Å². The molecule has 8 nitrogen and oxygen atoms in total. The molecule has 1 aliphatic carbocycles. The molecule has 0 aliphatic heterocycles. The van der Waals surface area contributed by atoms with Gasteiger partial charge in [0, 0.05) is 11.6 Å². The normalized spacial score (nSPS) is 21.9. The number of fused-ring (bicyclic) bond motifs is 1. The van der Waals surface area contributed by atoms with Crippen molar-refractivity contribution in [2.75, 3.05) is 6.61 Å². The zero-order valence-corrected chi connectivity index (χ0v) is 20.5. The molecule has 1 aromatic heterocycles. The summed E-state index contributed by atoms with van der Waals surface area (Å²) in [5.74, 6) is 0.115. The van der Waals surface area contributed by atoms with Gasteiger partial charge >= 0.3 is 14.0 Å². The number of ether oxygens (including phenoxy) is 1. The molecule has 0 radical (unpaired) electrons. The largest absolute Gasteiger partial charge is 0.490 e. The summed E-state index contributed by atoms with van der Waals surface area (Å²) in [6.45, 7) is 7.24. The van der Waals surface area contributed by atoms with Crippen molar-refractivity contribution in [3.05, 3.63) is 29.7 Å². The Labute approximate surface area is 196 Å². The average Bonchev–Trinajstić information content (AvgIpc) is 2.70. The van der Waals surface area contributed by atoms with Crippen LogP contribution in [0.3, 0.4) is 0 Å². The lowest BCUT2D eigenvalue weighted by Gasteiger charge is -2.37. The summed E-state index contributed by atoms with van der Waals surface area (Å²) < 4.78 is 63.5. The Morgan fingerprint density at radius 1 is 1.12 bits per heavy atom. The van der Waals surface area contributed by atoms with Crippen molar-refractivity contribution in [1.29, 1.82) is 0 Å². The summed E-state index contributed by atoms with van der Waals surface area (Å²) in [7, 11) is -4.80. The standard InChI is InChI=1S/C22H31F3N3O5P/c1-20(2,3)13-5-7-14(8-6-13)33-17-10-9-16-15(18(17)22(23,24)25)11-27-19(28-16)21(4,26)12-32-34(29,30)31/h9-11,13-14H,5-8,12,26H2,1-4H3,(H2,29,30,31). The van der Waals surface area contributed by atoms with E-state index in [1.54, 1.807) is 0 Å². The lowest BCUT2D eigenvalue weighted by molar-refractivity contribution is -0.138. The van der Waals surface area contributed by atoms with Gasteiger partial charge in [-0.2, -0.15) is 13.2 Å². The number of aromatic nitrogens is 2. The van der Waals surface area contributed by atoms with Crippen LogP contribution in [0.15, 0.2) is 18.3 Å². The first kappa shape index (κ1) is 26.8. The van der Waals surface area contributed by atoms with Gasteiger partial charge in [0.2, 0.25) is 0 Å². The maximum Gasteiger partial charge on any atom is 0.469 e. The molecule has 1 aromatic carbocycles. The van der Waals surface area contributed by atoms with E-state index in [-0.39, 0.29) is 34.0 Å². The van der Waals surface area contributed by atoms with Gasteiger partial charge in [-0.05, 0) is 56.1 Å². The molecular formula is C22H31F3N3O5P. The maximum atomic E-state index is 14.1. The summed E-state index contributed by atoms with van der Waals surface area (Å²) in [4.78, 5) is 25.9. The van der Waals surface area contributed by atoms with Crippen molar-refractivity contribution < 1.29 is 36.8 Å². The van der Waals surface area contributed by atoms with E-state index >= 15 is 0 Å². The highest BCUT2D eigenvalue weighted by Gasteiger charge is 2.39. The van der Waals surface area contributed by atoms with Crippen molar-refractivity contribution in [2.24, 2.45) is 17.1 Å². The Kier molecular flexibility index (Phi) is 7.38. The third-order valence-corrected chi connectivity index (χ3v) is 6.71. The predicted molar refractivity (Wildman–Crippen MR) is 120 cm³/mol. The molecule has 0 saturated heterocycles. The number of nitrogens with zero attached hydrogens (tertiary/aromatic N) is 2. The van der Waals surface area contributed by atoms with Gasteiger partial charge in [-0.25, -0.2) is 14.5 Å².